The van der Waals surface area contributed by atoms with Crippen LogP contribution in [0.5, 0.6) is 0 Å². The third-order valence-corrected chi connectivity index (χ3v) is 5.54. The van der Waals surface area contributed by atoms with E-state index in [0.717, 1.165) is 48.1 Å². The second kappa shape index (κ2) is 6.14. The molecule has 5 rings (SSSR count). The van der Waals surface area contributed by atoms with E-state index in [9.17, 15) is 0 Å². The van der Waals surface area contributed by atoms with E-state index in [1.165, 1.54) is 31.2 Å². The number of nitrogens with one attached hydrogen (secondary N) is 1. The lowest BCUT2D eigenvalue weighted by Gasteiger charge is -2.33. The number of rotatable bonds is 4. The van der Waals surface area contributed by atoms with Crippen molar-refractivity contribution in [3.63, 3.8) is 0 Å². The van der Waals surface area contributed by atoms with Crippen molar-refractivity contribution in [1.29, 1.82) is 0 Å². The fourth-order valence-corrected chi connectivity index (χ4v) is 3.91. The topological polar surface area (TPSA) is 57.7 Å². The van der Waals surface area contributed by atoms with Crippen LogP contribution in [-0.2, 0) is 6.42 Å². The maximum Gasteiger partial charge on any atom is 0.143 e. The summed E-state index contributed by atoms with van der Waals surface area (Å²) in [6.45, 7) is 2.16. The van der Waals surface area contributed by atoms with Crippen LogP contribution in [0, 0.1) is 5.92 Å². The van der Waals surface area contributed by atoms with Crippen molar-refractivity contribution in [2.45, 2.75) is 38.0 Å². The Morgan fingerprint density at radius 1 is 1.00 bits per heavy atom. The number of hydrogen-bond donors (Lipinski definition) is 1. The van der Waals surface area contributed by atoms with Gasteiger partial charge < -0.3 is 9.88 Å². The zero-order valence-corrected chi connectivity index (χ0v) is 14.4. The SMILES string of the molecule is c1cc(CC2CCN(c3nc(C4CC4)nc4[nH]ccc34)CC2)ccn1. The van der Waals surface area contributed by atoms with Gasteiger partial charge in [0.15, 0.2) is 0 Å². The Hall–Kier alpha value is -2.43. The van der Waals surface area contributed by atoms with Gasteiger partial charge in [-0.05, 0) is 61.8 Å². The lowest BCUT2D eigenvalue weighted by Crippen LogP contribution is -2.35. The van der Waals surface area contributed by atoms with E-state index in [2.05, 4.69) is 33.1 Å². The molecule has 1 saturated heterocycles. The molecule has 0 atom stereocenters. The molecule has 1 aliphatic carbocycles. The molecule has 4 heterocycles. The fourth-order valence-electron chi connectivity index (χ4n) is 3.91. The molecule has 0 bridgehead atoms. The van der Waals surface area contributed by atoms with Crippen LogP contribution in [0.1, 0.15) is 43.0 Å². The number of anilines is 1. The van der Waals surface area contributed by atoms with E-state index in [0.29, 0.717) is 5.92 Å². The largest absolute Gasteiger partial charge is 0.356 e. The van der Waals surface area contributed by atoms with Gasteiger partial charge in [0, 0.05) is 37.6 Å². The van der Waals surface area contributed by atoms with Gasteiger partial charge in [-0.2, -0.15) is 0 Å². The molecule has 2 aliphatic rings. The summed E-state index contributed by atoms with van der Waals surface area (Å²) in [5, 5.41) is 1.16. The zero-order valence-electron chi connectivity index (χ0n) is 14.4. The van der Waals surface area contributed by atoms with Crippen LogP contribution in [0.25, 0.3) is 11.0 Å². The van der Waals surface area contributed by atoms with Crippen molar-refractivity contribution >= 4 is 16.9 Å². The average Bonchev–Trinajstić information content (AvgIpc) is 3.40. The van der Waals surface area contributed by atoms with Gasteiger partial charge in [-0.15, -0.1) is 0 Å². The standard InChI is InChI=1S/C20H23N5/c1-2-16(1)18-23-19-17(5-10-22-19)20(24-18)25-11-6-15(7-12-25)13-14-3-8-21-9-4-14/h3-5,8-10,15-16H,1-2,6-7,11-13H2,(H,22,23,24). The van der Waals surface area contributed by atoms with Crippen LogP contribution in [0.4, 0.5) is 5.82 Å². The van der Waals surface area contributed by atoms with Crippen molar-refractivity contribution in [3.05, 3.63) is 48.2 Å². The van der Waals surface area contributed by atoms with Gasteiger partial charge in [0.1, 0.15) is 17.3 Å². The smallest absolute Gasteiger partial charge is 0.143 e. The van der Waals surface area contributed by atoms with Crippen molar-refractivity contribution in [2.24, 2.45) is 5.92 Å². The molecule has 1 N–H and O–H groups in total. The van der Waals surface area contributed by atoms with Crippen LogP contribution in [-0.4, -0.2) is 33.0 Å². The first kappa shape index (κ1) is 14.9. The number of nitrogens with zero attached hydrogens (tertiary/aromatic N) is 4. The fraction of sp³-hybridized carbons (Fsp3) is 0.450. The number of aromatic nitrogens is 4. The van der Waals surface area contributed by atoms with E-state index in [1.54, 1.807) is 0 Å². The third-order valence-electron chi connectivity index (χ3n) is 5.54. The Labute approximate surface area is 147 Å². The van der Waals surface area contributed by atoms with Crippen molar-refractivity contribution in [3.8, 4) is 0 Å². The number of piperidine rings is 1. The van der Waals surface area contributed by atoms with Crippen LogP contribution in [0.3, 0.4) is 0 Å². The summed E-state index contributed by atoms with van der Waals surface area (Å²) in [5.41, 5.74) is 2.39. The molecule has 1 saturated carbocycles. The maximum absolute atomic E-state index is 4.95. The number of H-pyrrole nitrogens is 1. The summed E-state index contributed by atoms with van der Waals surface area (Å²) in [6, 6.07) is 6.40. The highest BCUT2D eigenvalue weighted by Gasteiger charge is 2.29. The molecule has 5 heteroatoms. The highest BCUT2D eigenvalue weighted by molar-refractivity contribution is 5.87. The molecule has 128 valence electrons. The number of pyridine rings is 1. The van der Waals surface area contributed by atoms with E-state index in [1.807, 2.05) is 18.6 Å². The van der Waals surface area contributed by atoms with Gasteiger partial charge in [-0.1, -0.05) is 0 Å². The van der Waals surface area contributed by atoms with E-state index in [4.69, 9.17) is 9.97 Å². The van der Waals surface area contributed by atoms with Crippen LogP contribution in [0.15, 0.2) is 36.8 Å². The average molecular weight is 333 g/mol. The lowest BCUT2D eigenvalue weighted by molar-refractivity contribution is 0.402. The third kappa shape index (κ3) is 2.99. The molecule has 0 amide bonds. The quantitative estimate of drug-likeness (QED) is 0.791. The van der Waals surface area contributed by atoms with Crippen molar-refractivity contribution in [1.82, 2.24) is 19.9 Å². The van der Waals surface area contributed by atoms with E-state index in [-0.39, 0.29) is 0 Å². The molecule has 0 spiro atoms. The molecule has 1 aliphatic heterocycles. The molecular formula is C20H23N5. The predicted octanol–water partition coefficient (Wildman–Crippen LogP) is 3.69. The Balaban J connectivity index is 1.33. The van der Waals surface area contributed by atoms with E-state index >= 15 is 0 Å². The maximum atomic E-state index is 4.95. The highest BCUT2D eigenvalue weighted by Crippen LogP contribution is 2.40. The second-order valence-corrected chi connectivity index (χ2v) is 7.41. The minimum atomic E-state index is 0.579. The summed E-state index contributed by atoms with van der Waals surface area (Å²) in [5.74, 6) is 3.50. The molecular weight excluding hydrogens is 310 g/mol. The van der Waals surface area contributed by atoms with Crippen molar-refractivity contribution in [2.75, 3.05) is 18.0 Å². The molecule has 25 heavy (non-hydrogen) atoms. The molecule has 3 aromatic rings. The van der Waals surface area contributed by atoms with Gasteiger partial charge in [0.05, 0.1) is 5.39 Å². The molecule has 2 fully saturated rings. The monoisotopic (exact) mass is 333 g/mol. The van der Waals surface area contributed by atoms with Gasteiger partial charge in [0.2, 0.25) is 0 Å². The summed E-state index contributed by atoms with van der Waals surface area (Å²) in [7, 11) is 0. The Morgan fingerprint density at radius 3 is 2.56 bits per heavy atom. The first-order chi connectivity index (χ1) is 12.4. The summed E-state index contributed by atoms with van der Waals surface area (Å²) < 4.78 is 0. The van der Waals surface area contributed by atoms with Gasteiger partial charge in [-0.25, -0.2) is 9.97 Å². The normalized spacial score (nSPS) is 18.8. The number of aromatic amines is 1. The predicted molar refractivity (Wildman–Crippen MR) is 98.7 cm³/mol. The summed E-state index contributed by atoms with van der Waals surface area (Å²) >= 11 is 0. The number of hydrogen-bond acceptors (Lipinski definition) is 4. The number of fused-ring (bicyclic) bond motifs is 1. The van der Waals surface area contributed by atoms with Gasteiger partial charge in [0.25, 0.3) is 0 Å². The zero-order chi connectivity index (χ0) is 16.6. The summed E-state index contributed by atoms with van der Waals surface area (Å²) in [4.78, 5) is 19.5. The van der Waals surface area contributed by atoms with Gasteiger partial charge in [-0.3, -0.25) is 4.98 Å². The molecule has 0 aromatic carbocycles. The minimum absolute atomic E-state index is 0.579. The lowest BCUT2D eigenvalue weighted by atomic mass is 9.90. The van der Waals surface area contributed by atoms with Crippen LogP contribution >= 0.6 is 0 Å². The van der Waals surface area contributed by atoms with Crippen molar-refractivity contribution < 1.29 is 0 Å². The first-order valence-electron chi connectivity index (χ1n) is 9.36. The molecule has 3 aromatic heterocycles. The minimum Gasteiger partial charge on any atom is -0.356 e. The first-order valence-corrected chi connectivity index (χ1v) is 9.36. The van der Waals surface area contributed by atoms with Gasteiger partial charge >= 0.3 is 0 Å². The summed E-state index contributed by atoms with van der Waals surface area (Å²) in [6.07, 6.45) is 11.8. The van der Waals surface area contributed by atoms with Crippen LogP contribution < -0.4 is 4.90 Å². The highest BCUT2D eigenvalue weighted by atomic mass is 15.2. The second-order valence-electron chi connectivity index (χ2n) is 7.41. The molecule has 0 unspecified atom stereocenters. The van der Waals surface area contributed by atoms with Crippen LogP contribution in [0.2, 0.25) is 0 Å². The molecule has 5 nitrogen and oxygen atoms in total. The Bertz CT molecular complexity index is 860. The Kier molecular flexibility index (Phi) is 3.65. The Morgan fingerprint density at radius 2 is 1.80 bits per heavy atom. The van der Waals surface area contributed by atoms with E-state index < -0.39 is 0 Å². The molecule has 0 radical (unpaired) electrons.